The summed E-state index contributed by atoms with van der Waals surface area (Å²) in [5.74, 6) is -1.45. The summed E-state index contributed by atoms with van der Waals surface area (Å²) in [6, 6.07) is 5.01. The van der Waals surface area contributed by atoms with Crippen LogP contribution in [0, 0.1) is 15.3 Å². The highest BCUT2D eigenvalue weighted by atomic mass is 16.6. The molecule has 10 heteroatoms. The molecule has 0 radical (unpaired) electrons. The Labute approximate surface area is 127 Å². The quantitative estimate of drug-likeness (QED) is 0.242. The molecule has 1 aromatic carbocycles. The molecule has 0 bridgehead atoms. The first-order valence-corrected chi connectivity index (χ1v) is 6.19. The number of phenols is 2. The van der Waals surface area contributed by atoms with Gasteiger partial charge in [-0.3, -0.25) is 10.1 Å². The van der Waals surface area contributed by atoms with Crippen molar-refractivity contribution >= 4 is 5.69 Å². The second kappa shape index (κ2) is 5.26. The van der Waals surface area contributed by atoms with Gasteiger partial charge in [-0.15, -0.1) is 0 Å². The number of rotatable bonds is 3. The fourth-order valence-electron chi connectivity index (χ4n) is 1.89. The maximum Gasteiger partial charge on any atom is 0.315 e. The van der Waals surface area contributed by atoms with Gasteiger partial charge >= 0.3 is 5.69 Å². The van der Waals surface area contributed by atoms with Crippen LogP contribution in [-0.2, 0) is 0 Å². The van der Waals surface area contributed by atoms with Crippen molar-refractivity contribution in [3.63, 3.8) is 0 Å². The summed E-state index contributed by atoms with van der Waals surface area (Å²) >= 11 is 0. The molecule has 0 aliphatic rings. The van der Waals surface area contributed by atoms with Crippen LogP contribution in [0.15, 0.2) is 41.2 Å². The van der Waals surface area contributed by atoms with Crippen molar-refractivity contribution in [1.82, 2.24) is 10.1 Å². The fourth-order valence-corrected chi connectivity index (χ4v) is 1.89. The molecule has 3 aromatic rings. The van der Waals surface area contributed by atoms with Gasteiger partial charge in [0.15, 0.2) is 18.1 Å². The van der Waals surface area contributed by atoms with Gasteiger partial charge < -0.3 is 19.9 Å². The fraction of sp³-hybridized carbons (Fsp3) is 0. The Morgan fingerprint density at radius 1 is 1.17 bits per heavy atom. The summed E-state index contributed by atoms with van der Waals surface area (Å²) < 4.78 is 5.59. The van der Waals surface area contributed by atoms with E-state index in [2.05, 4.69) is 10.1 Å². The number of nitrogens with zero attached hydrogens (tertiary/aromatic N) is 4. The van der Waals surface area contributed by atoms with E-state index in [1.165, 1.54) is 24.5 Å². The maximum atomic E-state index is 11.0. The summed E-state index contributed by atoms with van der Waals surface area (Å²) in [7, 11) is 0. The number of aromatic nitrogens is 3. The van der Waals surface area contributed by atoms with Gasteiger partial charge in [-0.2, -0.15) is 9.71 Å². The van der Waals surface area contributed by atoms with Crippen LogP contribution in [0.4, 0.5) is 5.69 Å². The molecule has 116 valence electrons. The third kappa shape index (κ3) is 2.60. The van der Waals surface area contributed by atoms with Gasteiger partial charge in [-0.25, -0.2) is 0 Å². The van der Waals surface area contributed by atoms with E-state index in [0.717, 1.165) is 12.1 Å². The van der Waals surface area contributed by atoms with E-state index in [0.29, 0.717) is 10.3 Å². The third-order valence-electron chi connectivity index (χ3n) is 3.00. The number of benzene rings is 1. The minimum atomic E-state index is -0.847. The molecular formula is C13H8N4O6. The number of hydrogen-bond acceptors (Lipinski definition) is 8. The molecule has 0 fully saturated rings. The van der Waals surface area contributed by atoms with Crippen molar-refractivity contribution in [2.75, 3.05) is 0 Å². The molecule has 3 rings (SSSR count). The monoisotopic (exact) mass is 316 g/mol. The highest BCUT2D eigenvalue weighted by molar-refractivity contribution is 5.68. The number of phenolic OH excluding ortho intramolecular Hbond substituents is 2. The average molecular weight is 316 g/mol. The van der Waals surface area contributed by atoms with E-state index in [1.807, 2.05) is 0 Å². The first-order valence-electron chi connectivity index (χ1n) is 6.19. The summed E-state index contributed by atoms with van der Waals surface area (Å²) in [6.07, 6.45) is 2.51. The van der Waals surface area contributed by atoms with Crippen LogP contribution in [0.25, 0.3) is 22.8 Å². The van der Waals surface area contributed by atoms with Gasteiger partial charge in [0.05, 0.1) is 10.5 Å². The Morgan fingerprint density at radius 2 is 1.87 bits per heavy atom. The highest BCUT2D eigenvalue weighted by Gasteiger charge is 2.22. The van der Waals surface area contributed by atoms with E-state index in [9.17, 15) is 25.5 Å². The van der Waals surface area contributed by atoms with Gasteiger partial charge in [0.2, 0.25) is 11.6 Å². The number of pyridine rings is 1. The smallest absolute Gasteiger partial charge is 0.315 e. The van der Waals surface area contributed by atoms with Crippen molar-refractivity contribution < 1.29 is 24.4 Å². The van der Waals surface area contributed by atoms with Crippen LogP contribution in [0.2, 0.25) is 0 Å². The summed E-state index contributed by atoms with van der Waals surface area (Å²) in [4.78, 5) is 14.1. The predicted molar refractivity (Wildman–Crippen MR) is 74.1 cm³/mol. The molecule has 0 aliphatic heterocycles. The summed E-state index contributed by atoms with van der Waals surface area (Å²) in [6.45, 7) is 0. The van der Waals surface area contributed by atoms with Crippen LogP contribution in [-0.4, -0.2) is 25.3 Å². The second-order valence-electron chi connectivity index (χ2n) is 4.49. The largest absolute Gasteiger partial charge is 0.619 e. The van der Waals surface area contributed by atoms with E-state index in [1.54, 1.807) is 0 Å². The first kappa shape index (κ1) is 14.3. The molecule has 0 unspecified atom stereocenters. The maximum absolute atomic E-state index is 11.0. The molecule has 10 nitrogen and oxygen atoms in total. The molecule has 2 aromatic heterocycles. The van der Waals surface area contributed by atoms with Gasteiger partial charge in [0, 0.05) is 23.8 Å². The first-order chi connectivity index (χ1) is 11.0. The molecule has 0 aliphatic carbocycles. The Kier molecular flexibility index (Phi) is 3.26. The van der Waals surface area contributed by atoms with Crippen molar-refractivity contribution in [3.05, 3.63) is 52.0 Å². The lowest BCUT2D eigenvalue weighted by molar-refractivity contribution is -0.605. The molecular weight excluding hydrogens is 308 g/mol. The van der Waals surface area contributed by atoms with E-state index in [-0.39, 0.29) is 17.3 Å². The van der Waals surface area contributed by atoms with Gasteiger partial charge in [-0.1, -0.05) is 5.16 Å². The molecule has 2 N–H and O–H groups in total. The Bertz CT molecular complexity index is 890. The van der Waals surface area contributed by atoms with Crippen LogP contribution < -0.4 is 4.73 Å². The number of nitro benzene ring substituents is 1. The standard InChI is InChI=1S/C13H8N4O6/c18-10-6-8(5-9(11(10)19)17(21)22)13-14-12(15-23-13)7-1-3-16(20)4-2-7/h1-6,18-19H. The Balaban J connectivity index is 2.03. The van der Waals surface area contributed by atoms with Crippen LogP contribution in [0.3, 0.4) is 0 Å². The zero-order valence-corrected chi connectivity index (χ0v) is 11.3. The second-order valence-corrected chi connectivity index (χ2v) is 4.49. The van der Waals surface area contributed by atoms with Crippen molar-refractivity contribution in [2.24, 2.45) is 0 Å². The lowest BCUT2D eigenvalue weighted by Crippen LogP contribution is -2.23. The van der Waals surface area contributed by atoms with Crippen LogP contribution in [0.5, 0.6) is 11.5 Å². The molecule has 0 saturated heterocycles. The molecule has 0 saturated carbocycles. The third-order valence-corrected chi connectivity index (χ3v) is 3.00. The molecule has 0 amide bonds. The minimum absolute atomic E-state index is 0.0700. The zero-order chi connectivity index (χ0) is 16.6. The molecule has 0 atom stereocenters. The molecule has 2 heterocycles. The van der Waals surface area contributed by atoms with Gasteiger partial charge in [0.25, 0.3) is 5.89 Å². The number of aromatic hydroxyl groups is 2. The van der Waals surface area contributed by atoms with Crippen LogP contribution in [0.1, 0.15) is 0 Å². The van der Waals surface area contributed by atoms with E-state index < -0.39 is 22.1 Å². The normalized spacial score (nSPS) is 10.6. The predicted octanol–water partition coefficient (Wildman–Crippen LogP) is 1.36. The number of nitro groups is 1. The molecule has 23 heavy (non-hydrogen) atoms. The Morgan fingerprint density at radius 3 is 2.52 bits per heavy atom. The number of hydrogen-bond donors (Lipinski definition) is 2. The summed E-state index contributed by atoms with van der Waals surface area (Å²) in [5, 5.41) is 44.6. The van der Waals surface area contributed by atoms with E-state index >= 15 is 0 Å². The van der Waals surface area contributed by atoms with Crippen molar-refractivity contribution in [1.29, 1.82) is 0 Å². The highest BCUT2D eigenvalue weighted by Crippen LogP contribution is 2.39. The van der Waals surface area contributed by atoms with Gasteiger partial charge in [0.1, 0.15) is 0 Å². The van der Waals surface area contributed by atoms with Gasteiger partial charge in [-0.05, 0) is 6.07 Å². The van der Waals surface area contributed by atoms with E-state index in [4.69, 9.17) is 4.52 Å². The van der Waals surface area contributed by atoms with Crippen molar-refractivity contribution in [2.45, 2.75) is 0 Å². The zero-order valence-electron chi connectivity index (χ0n) is 11.3. The topological polar surface area (TPSA) is 149 Å². The molecule has 0 spiro atoms. The van der Waals surface area contributed by atoms with Crippen molar-refractivity contribution in [3.8, 4) is 34.3 Å². The SMILES string of the molecule is O=[N+]([O-])c1cc(-c2nc(-c3cc[n+]([O-])cc3)no2)cc(O)c1O. The lowest BCUT2D eigenvalue weighted by Gasteiger charge is -2.01. The average Bonchev–Trinajstić information content (AvgIpc) is 3.00. The Hall–Kier alpha value is -3.69. The summed E-state index contributed by atoms with van der Waals surface area (Å²) in [5.41, 5.74) is -0.114. The minimum Gasteiger partial charge on any atom is -0.619 e. The lowest BCUT2D eigenvalue weighted by atomic mass is 10.1. The van der Waals surface area contributed by atoms with Crippen LogP contribution >= 0.6 is 0 Å².